The molecule has 1 heterocycles. The van der Waals surface area contributed by atoms with Crippen LogP contribution in [0.15, 0.2) is 22.7 Å². The number of rotatable bonds is 2. The van der Waals surface area contributed by atoms with Gasteiger partial charge in [0.05, 0.1) is 19.3 Å². The molecule has 94 valence electrons. The fourth-order valence-electron chi connectivity index (χ4n) is 2.01. The van der Waals surface area contributed by atoms with E-state index in [4.69, 9.17) is 9.47 Å². The van der Waals surface area contributed by atoms with E-state index in [0.29, 0.717) is 13.2 Å². The quantitative estimate of drug-likeness (QED) is 0.910. The maximum absolute atomic E-state index is 5.89. The molecule has 0 aromatic heterocycles. The standard InChI is InChI=1S/C13H18BrNO2/c1-9-4-5-10(14)6-12(9)13(2)16-7-11(15-3)8-17-13/h4-6,11,15H,7-8H2,1-3H3. The average molecular weight is 300 g/mol. The summed E-state index contributed by atoms with van der Waals surface area (Å²) in [6.07, 6.45) is 0. The molecular weight excluding hydrogens is 282 g/mol. The fourth-order valence-corrected chi connectivity index (χ4v) is 2.38. The minimum absolute atomic E-state index is 0.274. The van der Waals surface area contributed by atoms with Crippen molar-refractivity contribution in [3.05, 3.63) is 33.8 Å². The Morgan fingerprint density at radius 2 is 2.00 bits per heavy atom. The van der Waals surface area contributed by atoms with E-state index < -0.39 is 5.79 Å². The summed E-state index contributed by atoms with van der Waals surface area (Å²) in [4.78, 5) is 0. The van der Waals surface area contributed by atoms with Crippen LogP contribution >= 0.6 is 15.9 Å². The van der Waals surface area contributed by atoms with Gasteiger partial charge >= 0.3 is 0 Å². The Hall–Kier alpha value is -0.420. The normalized spacial score (nSPS) is 29.3. The van der Waals surface area contributed by atoms with Gasteiger partial charge in [-0.25, -0.2) is 0 Å². The lowest BCUT2D eigenvalue weighted by atomic mass is 10.0. The Morgan fingerprint density at radius 3 is 2.59 bits per heavy atom. The number of ether oxygens (including phenoxy) is 2. The molecule has 1 N–H and O–H groups in total. The van der Waals surface area contributed by atoms with Crippen LogP contribution in [-0.2, 0) is 15.3 Å². The highest BCUT2D eigenvalue weighted by Gasteiger charge is 2.35. The molecular formula is C13H18BrNO2. The van der Waals surface area contributed by atoms with Crippen molar-refractivity contribution in [1.82, 2.24) is 5.32 Å². The van der Waals surface area contributed by atoms with E-state index in [1.807, 2.05) is 20.0 Å². The first-order valence-corrected chi connectivity index (χ1v) is 6.56. The van der Waals surface area contributed by atoms with Gasteiger partial charge in [-0.15, -0.1) is 0 Å². The number of nitrogens with one attached hydrogen (secondary N) is 1. The maximum Gasteiger partial charge on any atom is 0.192 e. The van der Waals surface area contributed by atoms with Crippen LogP contribution in [0.25, 0.3) is 0 Å². The van der Waals surface area contributed by atoms with E-state index in [1.165, 1.54) is 5.56 Å². The predicted octanol–water partition coefficient (Wildman–Crippen LogP) is 2.57. The smallest absolute Gasteiger partial charge is 0.192 e. The first-order valence-electron chi connectivity index (χ1n) is 5.77. The molecule has 1 aliphatic rings. The van der Waals surface area contributed by atoms with Gasteiger partial charge in [-0.1, -0.05) is 22.0 Å². The van der Waals surface area contributed by atoms with E-state index in [9.17, 15) is 0 Å². The highest BCUT2D eigenvalue weighted by Crippen LogP contribution is 2.33. The number of halogens is 1. The van der Waals surface area contributed by atoms with Gasteiger partial charge in [-0.2, -0.15) is 0 Å². The van der Waals surface area contributed by atoms with E-state index in [1.54, 1.807) is 0 Å². The van der Waals surface area contributed by atoms with Gasteiger partial charge in [-0.3, -0.25) is 0 Å². The van der Waals surface area contributed by atoms with Gasteiger partial charge in [0.25, 0.3) is 0 Å². The van der Waals surface area contributed by atoms with Crippen molar-refractivity contribution in [3.8, 4) is 0 Å². The SMILES string of the molecule is CNC1COC(C)(c2cc(Br)ccc2C)OC1. The fraction of sp³-hybridized carbons (Fsp3) is 0.538. The summed E-state index contributed by atoms with van der Waals surface area (Å²) in [5.74, 6) is -0.638. The number of hydrogen-bond donors (Lipinski definition) is 1. The van der Waals surface area contributed by atoms with Crippen LogP contribution in [0.5, 0.6) is 0 Å². The molecule has 4 heteroatoms. The Bertz CT molecular complexity index is 400. The van der Waals surface area contributed by atoms with Gasteiger partial charge in [0.1, 0.15) is 0 Å². The summed E-state index contributed by atoms with van der Waals surface area (Å²) in [7, 11) is 1.92. The Labute approximate surface area is 111 Å². The van der Waals surface area contributed by atoms with Crippen molar-refractivity contribution in [2.24, 2.45) is 0 Å². The highest BCUT2D eigenvalue weighted by atomic mass is 79.9. The minimum atomic E-state index is -0.638. The lowest BCUT2D eigenvalue weighted by Crippen LogP contribution is -2.47. The molecule has 0 bridgehead atoms. The largest absolute Gasteiger partial charge is 0.344 e. The Kier molecular flexibility index (Phi) is 3.88. The first-order chi connectivity index (χ1) is 8.05. The summed E-state index contributed by atoms with van der Waals surface area (Å²) in [6.45, 7) is 5.38. The van der Waals surface area contributed by atoms with Crippen LogP contribution in [0.4, 0.5) is 0 Å². The molecule has 1 aromatic carbocycles. The monoisotopic (exact) mass is 299 g/mol. The highest BCUT2D eigenvalue weighted by molar-refractivity contribution is 9.10. The Balaban J connectivity index is 2.24. The molecule has 0 atom stereocenters. The molecule has 0 unspecified atom stereocenters. The van der Waals surface area contributed by atoms with Gasteiger partial charge in [0, 0.05) is 10.0 Å². The van der Waals surface area contributed by atoms with Gasteiger partial charge in [-0.05, 0) is 38.6 Å². The summed E-state index contributed by atoms with van der Waals surface area (Å²) >= 11 is 3.49. The van der Waals surface area contributed by atoms with Crippen LogP contribution in [0.3, 0.4) is 0 Å². The van der Waals surface area contributed by atoms with Crippen molar-refractivity contribution < 1.29 is 9.47 Å². The third kappa shape index (κ3) is 2.71. The van der Waals surface area contributed by atoms with Gasteiger partial charge in [0.15, 0.2) is 5.79 Å². The molecule has 1 aromatic rings. The zero-order chi connectivity index (χ0) is 12.5. The van der Waals surface area contributed by atoms with Crippen molar-refractivity contribution in [1.29, 1.82) is 0 Å². The van der Waals surface area contributed by atoms with Crippen LogP contribution in [0.1, 0.15) is 18.1 Å². The molecule has 17 heavy (non-hydrogen) atoms. The minimum Gasteiger partial charge on any atom is -0.344 e. The lowest BCUT2D eigenvalue weighted by Gasteiger charge is -2.38. The van der Waals surface area contributed by atoms with E-state index in [0.717, 1.165) is 10.0 Å². The van der Waals surface area contributed by atoms with E-state index >= 15 is 0 Å². The molecule has 0 spiro atoms. The molecule has 1 aliphatic heterocycles. The van der Waals surface area contributed by atoms with E-state index in [-0.39, 0.29) is 6.04 Å². The van der Waals surface area contributed by atoms with E-state index in [2.05, 4.69) is 40.3 Å². The summed E-state index contributed by atoms with van der Waals surface area (Å²) in [6, 6.07) is 6.44. The number of likely N-dealkylation sites (N-methyl/N-ethyl adjacent to an activating group) is 1. The summed E-state index contributed by atoms with van der Waals surface area (Å²) < 4.78 is 12.8. The second-order valence-corrected chi connectivity index (χ2v) is 5.43. The molecule has 1 fully saturated rings. The van der Waals surface area contributed by atoms with Crippen molar-refractivity contribution in [3.63, 3.8) is 0 Å². The molecule has 3 nitrogen and oxygen atoms in total. The van der Waals surface area contributed by atoms with Crippen LogP contribution in [-0.4, -0.2) is 26.3 Å². The van der Waals surface area contributed by atoms with Gasteiger partial charge < -0.3 is 14.8 Å². The van der Waals surface area contributed by atoms with Crippen molar-refractivity contribution in [2.45, 2.75) is 25.7 Å². The third-order valence-corrected chi connectivity index (χ3v) is 3.71. The zero-order valence-corrected chi connectivity index (χ0v) is 12.0. The van der Waals surface area contributed by atoms with Crippen LogP contribution in [0, 0.1) is 6.92 Å². The predicted molar refractivity (Wildman–Crippen MR) is 71.0 cm³/mol. The second-order valence-electron chi connectivity index (χ2n) is 4.51. The summed E-state index contributed by atoms with van der Waals surface area (Å²) in [5, 5.41) is 3.16. The second kappa shape index (κ2) is 5.06. The first kappa shape index (κ1) is 13.0. The molecule has 2 rings (SSSR count). The average Bonchev–Trinajstić information content (AvgIpc) is 2.33. The zero-order valence-electron chi connectivity index (χ0n) is 10.4. The topological polar surface area (TPSA) is 30.5 Å². The molecule has 0 aliphatic carbocycles. The molecule has 1 saturated heterocycles. The Morgan fingerprint density at radius 1 is 1.35 bits per heavy atom. The van der Waals surface area contributed by atoms with Crippen molar-refractivity contribution >= 4 is 15.9 Å². The lowest BCUT2D eigenvalue weighted by molar-refractivity contribution is -0.272. The van der Waals surface area contributed by atoms with Crippen molar-refractivity contribution in [2.75, 3.05) is 20.3 Å². The van der Waals surface area contributed by atoms with Crippen LogP contribution in [0.2, 0.25) is 0 Å². The molecule has 0 amide bonds. The third-order valence-electron chi connectivity index (χ3n) is 3.22. The maximum atomic E-state index is 5.89. The molecule has 0 saturated carbocycles. The molecule has 0 radical (unpaired) electrons. The summed E-state index contributed by atoms with van der Waals surface area (Å²) in [5.41, 5.74) is 2.26. The number of hydrogen-bond acceptors (Lipinski definition) is 3. The van der Waals surface area contributed by atoms with Crippen LogP contribution < -0.4 is 5.32 Å². The number of aryl methyl sites for hydroxylation is 1. The number of benzene rings is 1. The van der Waals surface area contributed by atoms with Gasteiger partial charge in [0.2, 0.25) is 0 Å².